The van der Waals surface area contributed by atoms with E-state index in [0.29, 0.717) is 6.10 Å². The van der Waals surface area contributed by atoms with Crippen LogP contribution in [0.3, 0.4) is 0 Å². The predicted octanol–water partition coefficient (Wildman–Crippen LogP) is 3.05. The van der Waals surface area contributed by atoms with Crippen LogP contribution in [0.15, 0.2) is 42.7 Å². The average Bonchev–Trinajstić information content (AvgIpc) is 3.36. The third-order valence-corrected chi connectivity index (χ3v) is 5.48. The van der Waals surface area contributed by atoms with E-state index in [2.05, 4.69) is 51.1 Å². The highest BCUT2D eigenvalue weighted by Crippen LogP contribution is 2.38. The SMILES string of the molecule is CCN1C(=S)N[C@H](c2ccccn2)[C@@H]1c1cccn1C[C@@H]1CCCO1. The van der Waals surface area contributed by atoms with Crippen molar-refractivity contribution in [3.05, 3.63) is 54.1 Å². The fourth-order valence-electron chi connectivity index (χ4n) is 3.94. The molecular formula is C19H24N4OS. The number of nitrogens with one attached hydrogen (secondary N) is 1. The molecule has 2 aromatic heterocycles. The molecule has 0 saturated carbocycles. The molecule has 1 N–H and O–H groups in total. The molecule has 0 amide bonds. The van der Waals surface area contributed by atoms with E-state index in [1.54, 1.807) is 0 Å². The maximum absolute atomic E-state index is 5.84. The Morgan fingerprint density at radius 1 is 1.32 bits per heavy atom. The molecule has 25 heavy (non-hydrogen) atoms. The van der Waals surface area contributed by atoms with Gasteiger partial charge in [0.2, 0.25) is 0 Å². The van der Waals surface area contributed by atoms with Gasteiger partial charge in [-0.15, -0.1) is 0 Å². The van der Waals surface area contributed by atoms with Crippen molar-refractivity contribution in [1.82, 2.24) is 19.8 Å². The van der Waals surface area contributed by atoms with E-state index in [0.717, 1.165) is 43.3 Å². The highest BCUT2D eigenvalue weighted by Gasteiger charge is 2.40. The van der Waals surface area contributed by atoms with E-state index in [-0.39, 0.29) is 12.1 Å². The van der Waals surface area contributed by atoms with Crippen LogP contribution in [0.4, 0.5) is 0 Å². The summed E-state index contributed by atoms with van der Waals surface area (Å²) < 4.78 is 8.17. The van der Waals surface area contributed by atoms with Crippen LogP contribution in [0.1, 0.15) is 43.2 Å². The molecule has 2 fully saturated rings. The Morgan fingerprint density at radius 3 is 2.96 bits per heavy atom. The molecule has 0 aromatic carbocycles. The lowest BCUT2D eigenvalue weighted by atomic mass is 10.0. The number of aromatic nitrogens is 2. The number of ether oxygens (including phenoxy) is 1. The number of hydrogen-bond donors (Lipinski definition) is 1. The first-order valence-electron chi connectivity index (χ1n) is 9.02. The third-order valence-electron chi connectivity index (χ3n) is 5.13. The van der Waals surface area contributed by atoms with E-state index in [9.17, 15) is 0 Å². The van der Waals surface area contributed by atoms with Gasteiger partial charge in [-0.1, -0.05) is 6.07 Å². The van der Waals surface area contributed by atoms with Crippen molar-refractivity contribution < 1.29 is 4.74 Å². The van der Waals surface area contributed by atoms with Crippen molar-refractivity contribution in [3.63, 3.8) is 0 Å². The summed E-state index contributed by atoms with van der Waals surface area (Å²) >= 11 is 5.61. The first-order valence-corrected chi connectivity index (χ1v) is 9.43. The minimum Gasteiger partial charge on any atom is -0.376 e. The van der Waals surface area contributed by atoms with Gasteiger partial charge in [0.15, 0.2) is 5.11 Å². The van der Waals surface area contributed by atoms with Crippen LogP contribution in [-0.4, -0.2) is 38.8 Å². The first-order chi connectivity index (χ1) is 12.3. The molecule has 3 atom stereocenters. The van der Waals surface area contributed by atoms with Crippen molar-refractivity contribution in [2.75, 3.05) is 13.2 Å². The van der Waals surface area contributed by atoms with Crippen molar-refractivity contribution >= 4 is 17.3 Å². The summed E-state index contributed by atoms with van der Waals surface area (Å²) in [5, 5.41) is 4.28. The monoisotopic (exact) mass is 356 g/mol. The summed E-state index contributed by atoms with van der Waals surface area (Å²) in [6.45, 7) is 4.80. The standard InChI is InChI=1S/C19H24N4OS/c1-2-23-18(17(21-19(23)25)15-8-3-4-10-20-15)16-9-5-11-22(16)13-14-7-6-12-24-14/h3-5,8-11,14,17-18H,2,6-7,12-13H2,1H3,(H,21,25)/t14-,17+,18-/m0/s1. The Labute approximate surface area is 154 Å². The molecule has 0 aliphatic carbocycles. The Bertz CT molecular complexity index is 726. The van der Waals surface area contributed by atoms with Crippen LogP contribution in [0.5, 0.6) is 0 Å². The molecule has 2 saturated heterocycles. The van der Waals surface area contributed by atoms with E-state index in [4.69, 9.17) is 17.0 Å². The van der Waals surface area contributed by atoms with Crippen LogP contribution in [0.2, 0.25) is 0 Å². The van der Waals surface area contributed by atoms with Gasteiger partial charge in [0.05, 0.1) is 23.9 Å². The van der Waals surface area contributed by atoms with Crippen molar-refractivity contribution in [2.24, 2.45) is 0 Å². The van der Waals surface area contributed by atoms with Crippen LogP contribution in [0, 0.1) is 0 Å². The lowest BCUT2D eigenvalue weighted by Gasteiger charge is -2.28. The molecule has 6 heteroatoms. The zero-order valence-electron chi connectivity index (χ0n) is 14.5. The summed E-state index contributed by atoms with van der Waals surface area (Å²) in [6.07, 6.45) is 6.61. The highest BCUT2D eigenvalue weighted by molar-refractivity contribution is 7.80. The van der Waals surface area contributed by atoms with Gasteiger partial charge in [0.1, 0.15) is 0 Å². The maximum atomic E-state index is 5.84. The predicted molar refractivity (Wildman–Crippen MR) is 101 cm³/mol. The van der Waals surface area contributed by atoms with Gasteiger partial charge in [-0.25, -0.2) is 0 Å². The summed E-state index contributed by atoms with van der Waals surface area (Å²) in [6, 6.07) is 10.6. The number of rotatable bonds is 5. The molecule has 0 spiro atoms. The second-order valence-electron chi connectivity index (χ2n) is 6.63. The maximum Gasteiger partial charge on any atom is 0.170 e. The summed E-state index contributed by atoms with van der Waals surface area (Å²) in [5.41, 5.74) is 2.29. The molecule has 2 aliphatic heterocycles. The quantitative estimate of drug-likeness (QED) is 0.834. The van der Waals surface area contributed by atoms with Gasteiger partial charge < -0.3 is 19.5 Å². The van der Waals surface area contributed by atoms with Gasteiger partial charge in [0.25, 0.3) is 0 Å². The van der Waals surface area contributed by atoms with E-state index in [1.807, 2.05) is 18.3 Å². The van der Waals surface area contributed by atoms with E-state index in [1.165, 1.54) is 5.69 Å². The van der Waals surface area contributed by atoms with Crippen molar-refractivity contribution in [1.29, 1.82) is 0 Å². The number of thiocarbonyl (C=S) groups is 1. The lowest BCUT2D eigenvalue weighted by Crippen LogP contribution is -2.30. The Balaban J connectivity index is 1.68. The molecule has 0 radical (unpaired) electrons. The second kappa shape index (κ2) is 7.14. The molecule has 0 bridgehead atoms. The van der Waals surface area contributed by atoms with Gasteiger partial charge in [-0.3, -0.25) is 4.98 Å². The third kappa shape index (κ3) is 3.16. The van der Waals surface area contributed by atoms with E-state index >= 15 is 0 Å². The van der Waals surface area contributed by atoms with Crippen LogP contribution in [0.25, 0.3) is 0 Å². The molecule has 132 valence electrons. The summed E-state index contributed by atoms with van der Waals surface area (Å²) in [5.74, 6) is 0. The molecule has 2 aromatic rings. The number of hydrogen-bond acceptors (Lipinski definition) is 3. The summed E-state index contributed by atoms with van der Waals surface area (Å²) in [7, 11) is 0. The Hall–Kier alpha value is -1.92. The fraction of sp³-hybridized carbons (Fsp3) is 0.474. The van der Waals surface area contributed by atoms with Crippen molar-refractivity contribution in [3.8, 4) is 0 Å². The van der Waals surface area contributed by atoms with Crippen LogP contribution >= 0.6 is 12.2 Å². The molecule has 5 nitrogen and oxygen atoms in total. The van der Waals surface area contributed by atoms with Gasteiger partial charge in [-0.05, 0) is 56.2 Å². The molecule has 4 rings (SSSR count). The van der Waals surface area contributed by atoms with E-state index < -0.39 is 0 Å². The minimum atomic E-state index is 0.0618. The number of pyridine rings is 1. The number of likely N-dealkylation sites (N-methyl/N-ethyl adjacent to an activating group) is 1. The Kier molecular flexibility index (Phi) is 4.72. The summed E-state index contributed by atoms with van der Waals surface area (Å²) in [4.78, 5) is 6.83. The smallest absolute Gasteiger partial charge is 0.170 e. The normalized spacial score (nSPS) is 26.2. The fourth-order valence-corrected chi connectivity index (χ4v) is 4.31. The van der Waals surface area contributed by atoms with Crippen LogP contribution < -0.4 is 5.32 Å². The zero-order valence-corrected chi connectivity index (χ0v) is 15.3. The molecule has 2 aliphatic rings. The molecular weight excluding hydrogens is 332 g/mol. The first kappa shape index (κ1) is 16.5. The number of nitrogens with zero attached hydrogens (tertiary/aromatic N) is 3. The minimum absolute atomic E-state index is 0.0618. The van der Waals surface area contributed by atoms with Crippen molar-refractivity contribution in [2.45, 2.75) is 44.5 Å². The largest absolute Gasteiger partial charge is 0.376 e. The lowest BCUT2D eigenvalue weighted by molar-refractivity contribution is 0.0954. The molecule has 0 unspecified atom stereocenters. The highest BCUT2D eigenvalue weighted by atomic mass is 32.1. The van der Waals surface area contributed by atoms with Gasteiger partial charge >= 0.3 is 0 Å². The zero-order chi connectivity index (χ0) is 17.2. The average molecular weight is 356 g/mol. The molecule has 4 heterocycles. The van der Waals surface area contributed by atoms with Gasteiger partial charge in [-0.2, -0.15) is 0 Å². The topological polar surface area (TPSA) is 42.3 Å². The second-order valence-corrected chi connectivity index (χ2v) is 7.02. The van der Waals surface area contributed by atoms with Gasteiger partial charge in [0, 0.05) is 37.8 Å². The van der Waals surface area contributed by atoms with Crippen LogP contribution in [-0.2, 0) is 11.3 Å². The Morgan fingerprint density at radius 2 is 2.24 bits per heavy atom.